The van der Waals surface area contributed by atoms with Crippen molar-refractivity contribution in [3.05, 3.63) is 30.1 Å². The molecule has 3 fully saturated rings. The van der Waals surface area contributed by atoms with Gasteiger partial charge in [-0.2, -0.15) is 0 Å². The second kappa shape index (κ2) is 7.48. The molecule has 0 radical (unpaired) electrons. The molecule has 2 atom stereocenters. The van der Waals surface area contributed by atoms with Gasteiger partial charge in [-0.05, 0) is 50.4 Å². The Morgan fingerprint density at radius 1 is 1.21 bits per heavy atom. The standard InChI is InChI=1S/C19H29N3O2/c1-2-9-21(8-1)14-18-5-6-19(24-18)15-22(10-11-23-16-19)13-17-4-3-7-20-12-17/h3-4,7,12,18H,1-2,5-6,8-11,13-16H2/t18-,19-/m1/s1. The van der Waals surface area contributed by atoms with Crippen LogP contribution < -0.4 is 0 Å². The molecule has 0 amide bonds. The largest absolute Gasteiger partial charge is 0.377 e. The molecule has 5 heteroatoms. The monoisotopic (exact) mass is 331 g/mol. The first-order valence-corrected chi connectivity index (χ1v) is 9.41. The van der Waals surface area contributed by atoms with Crippen molar-refractivity contribution in [2.75, 3.05) is 45.9 Å². The molecule has 1 spiro atoms. The minimum atomic E-state index is -0.108. The zero-order valence-electron chi connectivity index (χ0n) is 14.5. The van der Waals surface area contributed by atoms with Crippen molar-refractivity contribution in [2.45, 2.75) is 43.9 Å². The SMILES string of the molecule is c1cncc(CN2CCOC[C@@]3(CC[C@H](CN4CCCC4)O3)C2)c1. The molecule has 5 nitrogen and oxygen atoms in total. The van der Waals surface area contributed by atoms with E-state index in [1.807, 2.05) is 18.5 Å². The number of rotatable bonds is 4. The second-order valence-corrected chi connectivity index (χ2v) is 7.59. The van der Waals surface area contributed by atoms with Crippen LogP contribution in [0.5, 0.6) is 0 Å². The van der Waals surface area contributed by atoms with Gasteiger partial charge in [0, 0.05) is 38.6 Å². The Bertz CT molecular complexity index is 521. The van der Waals surface area contributed by atoms with Crippen molar-refractivity contribution in [1.82, 2.24) is 14.8 Å². The third-order valence-corrected chi connectivity index (χ3v) is 5.56. The molecule has 0 unspecified atom stereocenters. The van der Waals surface area contributed by atoms with E-state index >= 15 is 0 Å². The van der Waals surface area contributed by atoms with Crippen molar-refractivity contribution < 1.29 is 9.47 Å². The van der Waals surface area contributed by atoms with Gasteiger partial charge in [0.25, 0.3) is 0 Å². The van der Waals surface area contributed by atoms with Gasteiger partial charge in [0.2, 0.25) is 0 Å². The van der Waals surface area contributed by atoms with E-state index in [-0.39, 0.29) is 5.60 Å². The van der Waals surface area contributed by atoms with Crippen LogP contribution in [0.2, 0.25) is 0 Å². The van der Waals surface area contributed by atoms with Crippen LogP contribution in [0, 0.1) is 0 Å². The van der Waals surface area contributed by atoms with Gasteiger partial charge in [-0.3, -0.25) is 9.88 Å². The summed E-state index contributed by atoms with van der Waals surface area (Å²) >= 11 is 0. The molecule has 3 aliphatic rings. The predicted octanol–water partition coefficient (Wildman–Crippen LogP) is 1.93. The maximum absolute atomic E-state index is 6.58. The molecule has 24 heavy (non-hydrogen) atoms. The Morgan fingerprint density at radius 2 is 2.12 bits per heavy atom. The quantitative estimate of drug-likeness (QED) is 0.843. The Labute approximate surface area is 144 Å². The molecule has 1 aromatic rings. The van der Waals surface area contributed by atoms with E-state index in [4.69, 9.17) is 9.47 Å². The molecule has 3 aliphatic heterocycles. The molecule has 0 N–H and O–H groups in total. The average molecular weight is 331 g/mol. The number of ether oxygens (including phenoxy) is 2. The number of hydrogen-bond acceptors (Lipinski definition) is 5. The first-order chi connectivity index (χ1) is 11.8. The van der Waals surface area contributed by atoms with E-state index in [2.05, 4.69) is 20.9 Å². The maximum atomic E-state index is 6.58. The fourth-order valence-electron chi connectivity index (χ4n) is 4.37. The molecule has 0 aromatic carbocycles. The zero-order chi connectivity index (χ0) is 16.2. The van der Waals surface area contributed by atoms with Crippen molar-refractivity contribution >= 4 is 0 Å². The number of pyridine rings is 1. The Hall–Kier alpha value is -1.01. The van der Waals surface area contributed by atoms with E-state index in [9.17, 15) is 0 Å². The lowest BCUT2D eigenvalue weighted by molar-refractivity contribution is -0.0913. The van der Waals surface area contributed by atoms with Crippen LogP contribution in [0.3, 0.4) is 0 Å². The van der Waals surface area contributed by atoms with Crippen LogP contribution in [0.15, 0.2) is 24.5 Å². The van der Waals surface area contributed by atoms with Crippen LogP contribution in [0.1, 0.15) is 31.2 Å². The van der Waals surface area contributed by atoms with E-state index < -0.39 is 0 Å². The van der Waals surface area contributed by atoms with Gasteiger partial charge in [0.1, 0.15) is 5.60 Å². The number of likely N-dealkylation sites (tertiary alicyclic amines) is 1. The van der Waals surface area contributed by atoms with Crippen LogP contribution in [0.25, 0.3) is 0 Å². The molecule has 3 saturated heterocycles. The minimum absolute atomic E-state index is 0.108. The number of nitrogens with zero attached hydrogens (tertiary/aromatic N) is 3. The smallest absolute Gasteiger partial charge is 0.105 e. The fraction of sp³-hybridized carbons (Fsp3) is 0.737. The summed E-state index contributed by atoms with van der Waals surface area (Å²) in [5, 5.41) is 0. The van der Waals surface area contributed by atoms with Gasteiger partial charge in [-0.1, -0.05) is 6.07 Å². The Kier molecular flexibility index (Phi) is 5.13. The molecule has 0 saturated carbocycles. The lowest BCUT2D eigenvalue weighted by atomic mass is 10.00. The van der Waals surface area contributed by atoms with Gasteiger partial charge in [-0.25, -0.2) is 0 Å². The van der Waals surface area contributed by atoms with E-state index in [0.717, 1.165) is 45.8 Å². The van der Waals surface area contributed by atoms with Gasteiger partial charge in [0.15, 0.2) is 0 Å². The Balaban J connectivity index is 1.37. The highest BCUT2D eigenvalue weighted by molar-refractivity contribution is 5.08. The summed E-state index contributed by atoms with van der Waals surface area (Å²) in [5.74, 6) is 0. The van der Waals surface area contributed by atoms with Crippen LogP contribution in [-0.2, 0) is 16.0 Å². The topological polar surface area (TPSA) is 37.8 Å². The van der Waals surface area contributed by atoms with Crippen LogP contribution in [0.4, 0.5) is 0 Å². The molecular weight excluding hydrogens is 302 g/mol. The van der Waals surface area contributed by atoms with Gasteiger partial charge in [0.05, 0.1) is 19.3 Å². The van der Waals surface area contributed by atoms with Gasteiger partial charge < -0.3 is 14.4 Å². The summed E-state index contributed by atoms with van der Waals surface area (Å²) in [5.41, 5.74) is 1.16. The summed E-state index contributed by atoms with van der Waals surface area (Å²) in [6.07, 6.45) is 9.16. The molecule has 4 rings (SSSR count). The molecule has 0 bridgehead atoms. The van der Waals surface area contributed by atoms with E-state index in [1.54, 1.807) is 0 Å². The van der Waals surface area contributed by atoms with E-state index in [1.165, 1.54) is 37.9 Å². The first-order valence-electron chi connectivity index (χ1n) is 9.41. The summed E-state index contributed by atoms with van der Waals surface area (Å²) in [6, 6.07) is 4.16. The minimum Gasteiger partial charge on any atom is -0.377 e. The number of aromatic nitrogens is 1. The van der Waals surface area contributed by atoms with Crippen molar-refractivity contribution in [3.63, 3.8) is 0 Å². The average Bonchev–Trinajstić information content (AvgIpc) is 3.19. The molecule has 4 heterocycles. The van der Waals surface area contributed by atoms with Crippen LogP contribution in [-0.4, -0.2) is 72.4 Å². The highest BCUT2D eigenvalue weighted by Crippen LogP contribution is 2.34. The van der Waals surface area contributed by atoms with Crippen molar-refractivity contribution in [1.29, 1.82) is 0 Å². The summed E-state index contributed by atoms with van der Waals surface area (Å²) in [4.78, 5) is 9.28. The third kappa shape index (κ3) is 3.97. The van der Waals surface area contributed by atoms with E-state index in [0.29, 0.717) is 6.10 Å². The Morgan fingerprint density at radius 3 is 2.96 bits per heavy atom. The molecule has 132 valence electrons. The van der Waals surface area contributed by atoms with Crippen LogP contribution >= 0.6 is 0 Å². The molecule has 0 aliphatic carbocycles. The fourth-order valence-corrected chi connectivity index (χ4v) is 4.37. The van der Waals surface area contributed by atoms with Gasteiger partial charge in [-0.15, -0.1) is 0 Å². The van der Waals surface area contributed by atoms with Crippen molar-refractivity contribution in [2.24, 2.45) is 0 Å². The van der Waals surface area contributed by atoms with Gasteiger partial charge >= 0.3 is 0 Å². The second-order valence-electron chi connectivity index (χ2n) is 7.59. The van der Waals surface area contributed by atoms with Crippen molar-refractivity contribution in [3.8, 4) is 0 Å². The summed E-state index contributed by atoms with van der Waals surface area (Å²) < 4.78 is 12.5. The predicted molar refractivity (Wildman–Crippen MR) is 92.8 cm³/mol. The summed E-state index contributed by atoms with van der Waals surface area (Å²) in [6.45, 7) is 8.00. The molecule has 1 aromatic heterocycles. The maximum Gasteiger partial charge on any atom is 0.105 e. The summed E-state index contributed by atoms with van der Waals surface area (Å²) in [7, 11) is 0. The lowest BCUT2D eigenvalue weighted by Crippen LogP contribution is -2.45. The highest BCUT2D eigenvalue weighted by Gasteiger charge is 2.43. The third-order valence-electron chi connectivity index (χ3n) is 5.56. The lowest BCUT2D eigenvalue weighted by Gasteiger charge is -2.32. The normalized spacial score (nSPS) is 32.4. The zero-order valence-corrected chi connectivity index (χ0v) is 14.5. The molecular formula is C19H29N3O2. The highest BCUT2D eigenvalue weighted by atomic mass is 16.6. The first kappa shape index (κ1) is 16.5. The number of hydrogen-bond donors (Lipinski definition) is 0.